The van der Waals surface area contributed by atoms with Crippen LogP contribution in [0.15, 0.2) is 36.5 Å². The third kappa shape index (κ3) is 3.94. The van der Waals surface area contributed by atoms with Crippen molar-refractivity contribution in [2.75, 3.05) is 16.8 Å². The van der Waals surface area contributed by atoms with Crippen molar-refractivity contribution in [3.63, 3.8) is 0 Å². The molecule has 0 saturated heterocycles. The fourth-order valence-corrected chi connectivity index (χ4v) is 3.90. The highest BCUT2D eigenvalue weighted by molar-refractivity contribution is 7.79. The number of alkyl halides is 3. The number of nitrogens with zero attached hydrogens (tertiary/aromatic N) is 5. The Kier molecular flexibility index (Phi) is 5.96. The van der Waals surface area contributed by atoms with Crippen LogP contribution in [0.4, 0.5) is 24.5 Å². The average Bonchev–Trinajstić information content (AvgIpc) is 2.74. The monoisotopic (exact) mass is 443 g/mol. The van der Waals surface area contributed by atoms with Crippen LogP contribution in [0.1, 0.15) is 36.1 Å². The van der Waals surface area contributed by atoms with Gasteiger partial charge in [-0.25, -0.2) is 4.98 Å². The summed E-state index contributed by atoms with van der Waals surface area (Å²) in [7, 11) is 1.36. The van der Waals surface area contributed by atoms with Crippen LogP contribution < -0.4 is 9.80 Å². The highest BCUT2D eigenvalue weighted by Crippen LogP contribution is 2.42. The molecule has 0 N–H and O–H groups in total. The zero-order chi connectivity index (χ0) is 22.8. The number of anilines is 2. The average molecular weight is 443 g/mol. The van der Waals surface area contributed by atoms with Gasteiger partial charge in [0.15, 0.2) is 5.69 Å². The molecule has 1 heterocycles. The predicted molar refractivity (Wildman–Crippen MR) is 111 cm³/mol. The van der Waals surface area contributed by atoms with Gasteiger partial charge >= 0.3 is 6.18 Å². The maximum absolute atomic E-state index is 13.5. The molecule has 1 aliphatic carbocycles. The van der Waals surface area contributed by atoms with E-state index in [4.69, 9.17) is 22.7 Å². The predicted octanol–water partition coefficient (Wildman–Crippen LogP) is 4.19. The van der Waals surface area contributed by atoms with Crippen LogP contribution in [0.2, 0.25) is 0 Å². The molecule has 1 aliphatic rings. The lowest BCUT2D eigenvalue weighted by molar-refractivity contribution is -0.138. The van der Waals surface area contributed by atoms with E-state index >= 15 is 0 Å². The number of benzene rings is 1. The Morgan fingerprint density at radius 3 is 2.45 bits per heavy atom. The summed E-state index contributed by atoms with van der Waals surface area (Å²) in [5.74, 6) is -0.457. The van der Waals surface area contributed by atoms with E-state index in [0.29, 0.717) is 24.1 Å². The highest BCUT2D eigenvalue weighted by atomic mass is 32.1. The quantitative estimate of drug-likeness (QED) is 0.645. The second-order valence-corrected chi connectivity index (χ2v) is 7.30. The van der Waals surface area contributed by atoms with Gasteiger partial charge in [-0.05, 0) is 43.5 Å². The Balaban J connectivity index is 2.01. The SMILES string of the molecule is CN(C(=O)C1(N(C=S)c2cccc(C#N)c2)CCC1)c1cnc(C#N)c(C(F)(F)F)c1. The molecule has 1 fully saturated rings. The Bertz CT molecular complexity index is 1120. The zero-order valence-electron chi connectivity index (χ0n) is 16.3. The fraction of sp³-hybridized carbons (Fsp3) is 0.286. The van der Waals surface area contributed by atoms with Crippen molar-refractivity contribution in [3.8, 4) is 12.1 Å². The molecule has 158 valence electrons. The molecule has 0 unspecified atom stereocenters. The Morgan fingerprint density at radius 2 is 1.94 bits per heavy atom. The highest BCUT2D eigenvalue weighted by Gasteiger charge is 2.50. The lowest BCUT2D eigenvalue weighted by Gasteiger charge is -2.49. The fourth-order valence-electron chi connectivity index (χ4n) is 3.58. The molecule has 2 aromatic rings. The Morgan fingerprint density at radius 1 is 1.23 bits per heavy atom. The van der Waals surface area contributed by atoms with Crippen LogP contribution in [-0.4, -0.2) is 29.0 Å². The second kappa shape index (κ2) is 8.32. The summed E-state index contributed by atoms with van der Waals surface area (Å²) in [5.41, 5.74) is -0.883. The first-order valence-corrected chi connectivity index (χ1v) is 9.65. The normalized spacial score (nSPS) is 14.5. The van der Waals surface area contributed by atoms with Gasteiger partial charge in [-0.1, -0.05) is 18.3 Å². The van der Waals surface area contributed by atoms with E-state index in [9.17, 15) is 18.0 Å². The number of thiocarbonyl (C=S) groups is 1. The molecule has 0 aliphatic heterocycles. The summed E-state index contributed by atoms with van der Waals surface area (Å²) in [6.07, 6.45) is -2.11. The van der Waals surface area contributed by atoms with Gasteiger partial charge in [0.1, 0.15) is 11.6 Å². The number of halogens is 3. The second-order valence-electron chi connectivity index (χ2n) is 7.09. The molecular weight excluding hydrogens is 427 g/mol. The summed E-state index contributed by atoms with van der Waals surface area (Å²) in [4.78, 5) is 19.7. The van der Waals surface area contributed by atoms with Crippen LogP contribution in [0, 0.1) is 22.7 Å². The molecule has 0 radical (unpaired) electrons. The summed E-state index contributed by atoms with van der Waals surface area (Å²) in [6, 6.07) is 10.8. The van der Waals surface area contributed by atoms with Crippen molar-refractivity contribution in [1.82, 2.24) is 4.98 Å². The maximum atomic E-state index is 13.5. The molecule has 0 bridgehead atoms. The number of pyridine rings is 1. The van der Waals surface area contributed by atoms with Crippen LogP contribution in [-0.2, 0) is 11.0 Å². The minimum atomic E-state index is -4.79. The lowest BCUT2D eigenvalue weighted by Crippen LogP contribution is -2.63. The number of hydrogen-bond acceptors (Lipinski definition) is 5. The first kappa shape index (κ1) is 22.2. The molecule has 31 heavy (non-hydrogen) atoms. The minimum Gasteiger partial charge on any atom is -0.323 e. The summed E-state index contributed by atoms with van der Waals surface area (Å²) < 4.78 is 40.0. The minimum absolute atomic E-state index is 0.0855. The van der Waals surface area contributed by atoms with Crippen molar-refractivity contribution in [2.24, 2.45) is 0 Å². The molecule has 0 spiro atoms. The number of amides is 1. The Hall–Kier alpha value is -3.50. The van der Waals surface area contributed by atoms with Crippen molar-refractivity contribution >= 4 is 35.0 Å². The van der Waals surface area contributed by atoms with E-state index < -0.39 is 28.9 Å². The molecular formula is C21H16F3N5OS. The summed E-state index contributed by atoms with van der Waals surface area (Å²) >= 11 is 5.16. The molecule has 1 saturated carbocycles. The number of rotatable bonds is 5. The number of likely N-dealkylation sites (N-methyl/N-ethyl adjacent to an activating group) is 1. The standard InChI is InChI=1S/C21H16F3N5OS/c1-28(16-9-17(21(22,23)24)18(11-26)27-12-16)19(30)20(6-3-7-20)29(13-31)15-5-2-4-14(8-15)10-25/h2,4-5,8-9,12-13H,3,6-7H2,1H3. The van der Waals surface area contributed by atoms with Gasteiger partial charge in [0.25, 0.3) is 5.91 Å². The van der Waals surface area contributed by atoms with Gasteiger partial charge < -0.3 is 9.80 Å². The van der Waals surface area contributed by atoms with E-state index in [1.165, 1.54) is 18.6 Å². The summed E-state index contributed by atoms with van der Waals surface area (Å²) in [6.45, 7) is 0. The first-order valence-electron chi connectivity index (χ1n) is 9.18. The maximum Gasteiger partial charge on any atom is 0.419 e. The largest absolute Gasteiger partial charge is 0.419 e. The number of carbonyl (C=O) groups is 1. The molecule has 1 aromatic carbocycles. The number of hydrogen-bond donors (Lipinski definition) is 0. The zero-order valence-corrected chi connectivity index (χ0v) is 17.2. The van der Waals surface area contributed by atoms with E-state index in [1.54, 1.807) is 29.2 Å². The van der Waals surface area contributed by atoms with Gasteiger partial charge in [-0.2, -0.15) is 23.7 Å². The van der Waals surface area contributed by atoms with Crippen LogP contribution in [0.3, 0.4) is 0 Å². The third-order valence-electron chi connectivity index (χ3n) is 5.38. The van der Waals surface area contributed by atoms with E-state index in [0.717, 1.165) is 23.6 Å². The van der Waals surface area contributed by atoms with Gasteiger partial charge in [-0.15, -0.1) is 0 Å². The molecule has 1 aromatic heterocycles. The molecule has 3 rings (SSSR count). The third-order valence-corrected chi connectivity index (χ3v) is 5.59. The first-order chi connectivity index (χ1) is 14.7. The van der Waals surface area contributed by atoms with Gasteiger partial charge in [-0.3, -0.25) is 4.79 Å². The van der Waals surface area contributed by atoms with Crippen molar-refractivity contribution in [1.29, 1.82) is 10.5 Å². The number of nitriles is 2. The van der Waals surface area contributed by atoms with Gasteiger partial charge in [0.2, 0.25) is 0 Å². The van der Waals surface area contributed by atoms with Gasteiger partial charge in [0, 0.05) is 12.7 Å². The number of carbonyl (C=O) groups excluding carboxylic acids is 1. The van der Waals surface area contributed by atoms with Crippen LogP contribution in [0.5, 0.6) is 0 Å². The number of aromatic nitrogens is 1. The molecule has 6 nitrogen and oxygen atoms in total. The molecule has 0 atom stereocenters. The van der Waals surface area contributed by atoms with Gasteiger partial charge in [0.05, 0.1) is 34.6 Å². The van der Waals surface area contributed by atoms with Crippen molar-refractivity contribution in [2.45, 2.75) is 31.0 Å². The van der Waals surface area contributed by atoms with E-state index in [2.05, 4.69) is 4.98 Å². The molecule has 1 amide bonds. The van der Waals surface area contributed by atoms with E-state index in [-0.39, 0.29) is 5.69 Å². The Labute approximate surface area is 182 Å². The van der Waals surface area contributed by atoms with Crippen LogP contribution >= 0.6 is 12.2 Å². The van der Waals surface area contributed by atoms with Crippen LogP contribution in [0.25, 0.3) is 0 Å². The lowest BCUT2D eigenvalue weighted by atomic mass is 9.74. The van der Waals surface area contributed by atoms with Crippen molar-refractivity contribution < 1.29 is 18.0 Å². The van der Waals surface area contributed by atoms with Crippen molar-refractivity contribution in [3.05, 3.63) is 53.3 Å². The van der Waals surface area contributed by atoms with E-state index in [1.807, 2.05) is 6.07 Å². The topological polar surface area (TPSA) is 84.0 Å². The summed E-state index contributed by atoms with van der Waals surface area (Å²) in [5, 5.41) is 18.1. The smallest absolute Gasteiger partial charge is 0.323 e. The molecule has 10 heteroatoms.